The maximum atomic E-state index is 15.1. The van der Waals surface area contributed by atoms with Gasteiger partial charge in [-0.2, -0.15) is 0 Å². The Kier molecular flexibility index (Phi) is 4.11. The zero-order chi connectivity index (χ0) is 18.7. The lowest BCUT2D eigenvalue weighted by molar-refractivity contribution is 0.00578. The number of halogens is 2. The van der Waals surface area contributed by atoms with Gasteiger partial charge < -0.3 is 19.3 Å². The number of carboxylic acid groups (broad SMARTS) is 1. The summed E-state index contributed by atoms with van der Waals surface area (Å²) in [5.41, 5.74) is -0.941. The second kappa shape index (κ2) is 5.67. The molecule has 1 saturated heterocycles. The third kappa shape index (κ3) is 2.71. The van der Waals surface area contributed by atoms with E-state index in [0.717, 1.165) is 4.90 Å². The van der Waals surface area contributed by atoms with Gasteiger partial charge in [0.05, 0.1) is 22.7 Å². The highest BCUT2D eigenvalue weighted by molar-refractivity contribution is 6.62. The van der Waals surface area contributed by atoms with E-state index in [9.17, 15) is 9.18 Å². The number of amides is 1. The molecule has 8 heteroatoms. The summed E-state index contributed by atoms with van der Waals surface area (Å²) in [5.74, 6) is -1.48. The van der Waals surface area contributed by atoms with Gasteiger partial charge in [0.1, 0.15) is 11.6 Å². The minimum absolute atomic E-state index is 0.240. The van der Waals surface area contributed by atoms with E-state index in [1.807, 2.05) is 27.7 Å². The van der Waals surface area contributed by atoms with E-state index in [1.165, 1.54) is 13.1 Å². The van der Waals surface area contributed by atoms with Crippen LogP contribution in [-0.2, 0) is 15.7 Å². The summed E-state index contributed by atoms with van der Waals surface area (Å²) in [6.07, 6.45) is -0.369. The van der Waals surface area contributed by atoms with Crippen molar-refractivity contribution < 1.29 is 28.0 Å². The van der Waals surface area contributed by atoms with E-state index in [0.29, 0.717) is 24.0 Å². The highest BCUT2D eigenvalue weighted by Gasteiger charge is 2.53. The predicted molar refractivity (Wildman–Crippen MR) is 88.9 cm³/mol. The Hall–Kier alpha value is -1.67. The number of fused-ring (bicyclic) bond motifs is 1. The van der Waals surface area contributed by atoms with Gasteiger partial charge >= 0.3 is 13.2 Å². The Labute approximate surface area is 146 Å². The predicted octanol–water partition coefficient (Wildman–Crippen LogP) is 2.86. The van der Waals surface area contributed by atoms with E-state index < -0.39 is 42.1 Å². The maximum absolute atomic E-state index is 15.1. The van der Waals surface area contributed by atoms with Crippen LogP contribution in [0.5, 0.6) is 0 Å². The average Bonchev–Trinajstić information content (AvgIpc) is 2.97. The minimum Gasteiger partial charge on any atom is -0.465 e. The molecule has 1 unspecified atom stereocenters. The summed E-state index contributed by atoms with van der Waals surface area (Å²) in [6.45, 7) is 7.25. The normalized spacial score (nSPS) is 23.6. The van der Waals surface area contributed by atoms with E-state index in [4.69, 9.17) is 14.4 Å². The van der Waals surface area contributed by atoms with Crippen LogP contribution in [-0.4, -0.2) is 41.5 Å². The smallest absolute Gasteiger partial charge is 0.465 e. The van der Waals surface area contributed by atoms with Gasteiger partial charge in [0.25, 0.3) is 0 Å². The number of rotatable bonds is 2. The zero-order valence-electron chi connectivity index (χ0n) is 15.0. The molecule has 5 nitrogen and oxygen atoms in total. The highest BCUT2D eigenvalue weighted by Crippen LogP contribution is 2.40. The molecule has 1 N–H and O–H groups in total. The van der Waals surface area contributed by atoms with Crippen LogP contribution >= 0.6 is 0 Å². The monoisotopic (exact) mass is 353 g/mol. The molecular weight excluding hydrogens is 331 g/mol. The van der Waals surface area contributed by atoms with E-state index in [-0.39, 0.29) is 5.46 Å². The maximum Gasteiger partial charge on any atom is 0.500 e. The Bertz CT molecular complexity index is 722. The van der Waals surface area contributed by atoms with Crippen molar-refractivity contribution >= 4 is 18.7 Å². The molecule has 1 atom stereocenters. The highest BCUT2D eigenvalue weighted by atomic mass is 19.1. The first-order valence-corrected chi connectivity index (χ1v) is 8.28. The molecule has 1 aromatic rings. The van der Waals surface area contributed by atoms with Crippen LogP contribution in [0.1, 0.15) is 51.3 Å². The van der Waals surface area contributed by atoms with E-state index in [2.05, 4.69) is 0 Å². The van der Waals surface area contributed by atoms with Crippen LogP contribution in [0, 0.1) is 11.6 Å². The molecule has 1 aliphatic carbocycles. The molecule has 2 aliphatic rings. The van der Waals surface area contributed by atoms with Crippen molar-refractivity contribution in [3.63, 3.8) is 0 Å². The quantitative estimate of drug-likeness (QED) is 0.831. The molecule has 25 heavy (non-hydrogen) atoms. The largest absolute Gasteiger partial charge is 0.500 e. The molecule has 1 amide bonds. The summed E-state index contributed by atoms with van der Waals surface area (Å²) in [7, 11) is 0.270. The third-order valence-electron chi connectivity index (χ3n) is 5.67. The standard InChI is InChI=1S/C17H22BF2NO4/c1-16(2)17(3,4)25-18(24-16)13-11(19)8-10-9(14(13)20)6-7-12(10)21(5)15(22)23/h8,12H,6-7H2,1-5H3,(H,22,23). The van der Waals surface area contributed by atoms with Gasteiger partial charge in [0.2, 0.25) is 0 Å². The molecule has 0 saturated carbocycles. The van der Waals surface area contributed by atoms with Crippen molar-refractivity contribution in [2.24, 2.45) is 0 Å². The van der Waals surface area contributed by atoms with Gasteiger partial charge in [-0.15, -0.1) is 0 Å². The van der Waals surface area contributed by atoms with E-state index >= 15 is 4.39 Å². The van der Waals surface area contributed by atoms with Crippen molar-refractivity contribution in [1.82, 2.24) is 4.90 Å². The molecule has 1 aromatic carbocycles. The minimum atomic E-state index is -1.13. The third-order valence-corrected chi connectivity index (χ3v) is 5.67. The Morgan fingerprint density at radius 2 is 1.84 bits per heavy atom. The fourth-order valence-electron chi connectivity index (χ4n) is 3.40. The fraction of sp³-hybridized carbons (Fsp3) is 0.588. The van der Waals surface area contributed by atoms with Crippen molar-refractivity contribution in [2.75, 3.05) is 7.05 Å². The molecule has 0 spiro atoms. The first-order chi connectivity index (χ1) is 11.5. The summed E-state index contributed by atoms with van der Waals surface area (Å²) in [5, 5.41) is 9.15. The first-order valence-electron chi connectivity index (χ1n) is 8.28. The molecule has 1 fully saturated rings. The van der Waals surface area contributed by atoms with Gasteiger partial charge in [-0.25, -0.2) is 13.6 Å². The Morgan fingerprint density at radius 3 is 2.36 bits per heavy atom. The molecule has 0 radical (unpaired) electrons. The fourth-order valence-corrected chi connectivity index (χ4v) is 3.40. The lowest BCUT2D eigenvalue weighted by Crippen LogP contribution is -2.41. The van der Waals surface area contributed by atoms with Crippen molar-refractivity contribution in [3.05, 3.63) is 28.8 Å². The molecule has 1 aliphatic heterocycles. The van der Waals surface area contributed by atoms with Crippen molar-refractivity contribution in [1.29, 1.82) is 0 Å². The van der Waals surface area contributed by atoms with Gasteiger partial charge in [-0.05, 0) is 57.7 Å². The summed E-state index contributed by atoms with van der Waals surface area (Å²) in [6, 6.07) is 0.666. The van der Waals surface area contributed by atoms with Crippen LogP contribution in [0.4, 0.5) is 13.6 Å². The molecular formula is C17H22BF2NO4. The van der Waals surface area contributed by atoms with Crippen LogP contribution in [0.25, 0.3) is 0 Å². The van der Waals surface area contributed by atoms with Crippen LogP contribution in [0.15, 0.2) is 6.07 Å². The number of hydrogen-bond acceptors (Lipinski definition) is 3. The van der Waals surface area contributed by atoms with Gasteiger partial charge in [0, 0.05) is 7.05 Å². The number of nitrogens with zero attached hydrogens (tertiary/aromatic N) is 1. The van der Waals surface area contributed by atoms with Crippen LogP contribution in [0.2, 0.25) is 0 Å². The molecule has 1 heterocycles. The number of benzene rings is 1. The molecule has 0 aromatic heterocycles. The van der Waals surface area contributed by atoms with Crippen LogP contribution in [0.3, 0.4) is 0 Å². The summed E-state index contributed by atoms with van der Waals surface area (Å²) < 4.78 is 41.3. The SMILES string of the molecule is CN(C(=O)O)C1CCc2c1cc(F)c(B1OC(C)(C)C(C)(C)O1)c2F. The Balaban J connectivity index is 2.02. The summed E-state index contributed by atoms with van der Waals surface area (Å²) >= 11 is 0. The van der Waals surface area contributed by atoms with Crippen LogP contribution < -0.4 is 5.46 Å². The lowest BCUT2D eigenvalue weighted by Gasteiger charge is -2.32. The van der Waals surface area contributed by atoms with Gasteiger partial charge in [0.15, 0.2) is 0 Å². The second-order valence-corrected chi connectivity index (χ2v) is 7.69. The van der Waals surface area contributed by atoms with Crippen molar-refractivity contribution in [2.45, 2.75) is 57.8 Å². The van der Waals surface area contributed by atoms with Gasteiger partial charge in [-0.1, -0.05) is 0 Å². The molecule has 0 bridgehead atoms. The van der Waals surface area contributed by atoms with Crippen molar-refractivity contribution in [3.8, 4) is 0 Å². The summed E-state index contributed by atoms with van der Waals surface area (Å²) in [4.78, 5) is 12.3. The molecule has 3 rings (SSSR count). The molecule has 136 valence electrons. The van der Waals surface area contributed by atoms with Gasteiger partial charge in [-0.3, -0.25) is 0 Å². The second-order valence-electron chi connectivity index (χ2n) is 7.69. The zero-order valence-corrected chi connectivity index (χ0v) is 15.0. The van der Waals surface area contributed by atoms with E-state index in [1.54, 1.807) is 0 Å². The topological polar surface area (TPSA) is 59.0 Å². The first kappa shape index (κ1) is 18.1. The Morgan fingerprint density at radius 1 is 1.28 bits per heavy atom. The number of carbonyl (C=O) groups is 1. The number of hydrogen-bond donors (Lipinski definition) is 1. The average molecular weight is 353 g/mol. The lowest BCUT2D eigenvalue weighted by atomic mass is 9.76.